The number of rotatable bonds is 4. The number of nitrogens with one attached hydrogen (secondary N) is 1. The molecule has 0 unspecified atom stereocenters. The third-order valence-electron chi connectivity index (χ3n) is 4.44. The molecule has 2 aliphatic rings. The molecule has 7 nitrogen and oxygen atoms in total. The molecule has 29 heavy (non-hydrogen) atoms. The standard InChI is InChI=1S/C20H18IN3O4S/c1-2-24-18(25)10-17(19(26)22-13-5-3-12(21)4-6-13)29-20(24)23-14-7-8-15-16(9-14)28-11-27-15/h3-9,17H,2,10-11H2,1H3,(H,22,26)/t17-/m0/s1. The van der Waals surface area contributed by atoms with Gasteiger partial charge in [-0.15, -0.1) is 0 Å². The fourth-order valence-electron chi connectivity index (χ4n) is 2.97. The van der Waals surface area contributed by atoms with Gasteiger partial charge in [0.05, 0.1) is 5.69 Å². The van der Waals surface area contributed by atoms with Gasteiger partial charge in [-0.3, -0.25) is 14.5 Å². The van der Waals surface area contributed by atoms with Gasteiger partial charge >= 0.3 is 0 Å². The molecule has 0 saturated carbocycles. The molecule has 2 aromatic rings. The van der Waals surface area contributed by atoms with E-state index in [9.17, 15) is 9.59 Å². The first kappa shape index (κ1) is 20.0. The van der Waals surface area contributed by atoms with Crippen molar-refractivity contribution in [3.63, 3.8) is 0 Å². The summed E-state index contributed by atoms with van der Waals surface area (Å²) in [5, 5.41) is 2.85. The number of thioether (sulfide) groups is 1. The molecule has 0 radical (unpaired) electrons. The van der Waals surface area contributed by atoms with Crippen LogP contribution in [0.1, 0.15) is 13.3 Å². The maximum atomic E-state index is 12.7. The van der Waals surface area contributed by atoms with Crippen LogP contribution in [-0.4, -0.2) is 40.5 Å². The van der Waals surface area contributed by atoms with Crippen molar-refractivity contribution < 1.29 is 19.1 Å². The first-order chi connectivity index (χ1) is 14.0. The summed E-state index contributed by atoms with van der Waals surface area (Å²) in [4.78, 5) is 31.6. The third-order valence-corrected chi connectivity index (χ3v) is 6.35. The normalized spacial score (nSPS) is 19.5. The van der Waals surface area contributed by atoms with E-state index >= 15 is 0 Å². The predicted molar refractivity (Wildman–Crippen MR) is 121 cm³/mol. The highest BCUT2D eigenvalue weighted by atomic mass is 127. The maximum absolute atomic E-state index is 12.7. The topological polar surface area (TPSA) is 80.2 Å². The molecule has 2 aliphatic heterocycles. The molecule has 1 saturated heterocycles. The molecule has 0 aromatic heterocycles. The Morgan fingerprint density at radius 3 is 2.76 bits per heavy atom. The number of halogens is 1. The smallest absolute Gasteiger partial charge is 0.238 e. The van der Waals surface area contributed by atoms with E-state index in [4.69, 9.17) is 9.47 Å². The van der Waals surface area contributed by atoms with Crippen LogP contribution in [0.2, 0.25) is 0 Å². The lowest BCUT2D eigenvalue weighted by Crippen LogP contribution is -2.45. The molecule has 2 amide bonds. The van der Waals surface area contributed by atoms with Crippen LogP contribution in [0, 0.1) is 3.57 Å². The van der Waals surface area contributed by atoms with Crippen LogP contribution < -0.4 is 14.8 Å². The van der Waals surface area contributed by atoms with E-state index in [-0.39, 0.29) is 25.0 Å². The number of carbonyl (C=O) groups excluding carboxylic acids is 2. The van der Waals surface area contributed by atoms with Crippen LogP contribution in [0.4, 0.5) is 11.4 Å². The first-order valence-corrected chi connectivity index (χ1v) is 11.0. The monoisotopic (exact) mass is 523 g/mol. The van der Waals surface area contributed by atoms with Gasteiger partial charge in [-0.05, 0) is 65.9 Å². The summed E-state index contributed by atoms with van der Waals surface area (Å²) in [7, 11) is 0. The lowest BCUT2D eigenvalue weighted by atomic mass is 10.2. The SMILES string of the molecule is CCN1C(=O)C[C@@H](C(=O)Nc2ccc(I)cc2)SC1=Nc1ccc2c(c1)OCO2. The largest absolute Gasteiger partial charge is 0.454 e. The van der Waals surface area contributed by atoms with E-state index < -0.39 is 5.25 Å². The number of benzene rings is 2. The second kappa shape index (κ2) is 8.62. The van der Waals surface area contributed by atoms with E-state index in [2.05, 4.69) is 32.9 Å². The summed E-state index contributed by atoms with van der Waals surface area (Å²) in [5.74, 6) is 0.964. The Morgan fingerprint density at radius 2 is 2.00 bits per heavy atom. The molecular weight excluding hydrogens is 505 g/mol. The Kier molecular flexibility index (Phi) is 5.95. The van der Waals surface area contributed by atoms with Gasteiger partial charge in [0.2, 0.25) is 18.6 Å². The minimum absolute atomic E-state index is 0.117. The predicted octanol–water partition coefficient (Wildman–Crippen LogP) is 4.00. The second-order valence-electron chi connectivity index (χ2n) is 6.38. The van der Waals surface area contributed by atoms with Crippen molar-refractivity contribution >= 4 is 62.7 Å². The van der Waals surface area contributed by atoms with Gasteiger partial charge < -0.3 is 14.8 Å². The van der Waals surface area contributed by atoms with Gasteiger partial charge in [-0.25, -0.2) is 4.99 Å². The molecular formula is C20H18IN3O4S. The summed E-state index contributed by atoms with van der Waals surface area (Å²) in [6.45, 7) is 2.56. The van der Waals surface area contributed by atoms with E-state index in [1.165, 1.54) is 11.8 Å². The van der Waals surface area contributed by atoms with Crippen molar-refractivity contribution in [2.75, 3.05) is 18.7 Å². The Bertz CT molecular complexity index is 980. The molecule has 2 aromatic carbocycles. The number of amides is 2. The summed E-state index contributed by atoms with van der Waals surface area (Å²) >= 11 is 3.50. The Labute approximate surface area is 186 Å². The zero-order valence-corrected chi connectivity index (χ0v) is 18.5. The quantitative estimate of drug-likeness (QED) is 0.614. The van der Waals surface area contributed by atoms with Crippen LogP contribution in [0.3, 0.4) is 0 Å². The fourth-order valence-corrected chi connectivity index (χ4v) is 4.50. The van der Waals surface area contributed by atoms with Gasteiger partial charge in [0.1, 0.15) is 5.25 Å². The number of hydrogen-bond donors (Lipinski definition) is 1. The van der Waals surface area contributed by atoms with Crippen molar-refractivity contribution in [1.82, 2.24) is 4.90 Å². The molecule has 150 valence electrons. The Balaban J connectivity index is 1.55. The highest BCUT2D eigenvalue weighted by molar-refractivity contribution is 14.1. The van der Waals surface area contributed by atoms with Crippen molar-refractivity contribution in [1.29, 1.82) is 0 Å². The minimum atomic E-state index is -0.544. The Morgan fingerprint density at radius 1 is 1.24 bits per heavy atom. The Hall–Kier alpha value is -2.27. The zero-order valence-electron chi connectivity index (χ0n) is 15.6. The van der Waals surface area contributed by atoms with Crippen LogP contribution in [0.15, 0.2) is 47.5 Å². The van der Waals surface area contributed by atoms with E-state index in [0.717, 1.165) is 3.57 Å². The van der Waals surface area contributed by atoms with E-state index in [1.54, 1.807) is 23.1 Å². The molecule has 0 spiro atoms. The summed E-state index contributed by atoms with van der Waals surface area (Å²) < 4.78 is 11.8. The lowest BCUT2D eigenvalue weighted by molar-refractivity contribution is -0.129. The molecule has 9 heteroatoms. The average Bonchev–Trinajstić information content (AvgIpc) is 3.17. The number of aliphatic imine (C=N–C) groups is 1. The van der Waals surface area contributed by atoms with Crippen LogP contribution >= 0.6 is 34.4 Å². The molecule has 1 N–H and O–H groups in total. The average molecular weight is 523 g/mol. The maximum Gasteiger partial charge on any atom is 0.238 e. The second-order valence-corrected chi connectivity index (χ2v) is 8.79. The summed E-state index contributed by atoms with van der Waals surface area (Å²) in [6, 6.07) is 12.9. The highest BCUT2D eigenvalue weighted by Crippen LogP contribution is 2.36. The van der Waals surface area contributed by atoms with Crippen molar-refractivity contribution in [2.24, 2.45) is 4.99 Å². The number of ether oxygens (including phenoxy) is 2. The fraction of sp³-hybridized carbons (Fsp3) is 0.250. The highest BCUT2D eigenvalue weighted by Gasteiger charge is 2.35. The first-order valence-electron chi connectivity index (χ1n) is 9.05. The van der Waals surface area contributed by atoms with Gasteiger partial charge in [-0.1, -0.05) is 11.8 Å². The van der Waals surface area contributed by atoms with Crippen molar-refractivity contribution in [3.8, 4) is 11.5 Å². The molecule has 4 rings (SSSR count). The molecule has 0 bridgehead atoms. The number of carbonyl (C=O) groups is 2. The zero-order chi connectivity index (χ0) is 20.4. The van der Waals surface area contributed by atoms with Gasteiger partial charge in [0.15, 0.2) is 16.7 Å². The van der Waals surface area contributed by atoms with Gasteiger partial charge in [0.25, 0.3) is 0 Å². The lowest BCUT2D eigenvalue weighted by Gasteiger charge is -2.30. The number of amidine groups is 1. The molecule has 2 heterocycles. The number of fused-ring (bicyclic) bond motifs is 1. The van der Waals surface area contributed by atoms with Crippen molar-refractivity contribution in [2.45, 2.75) is 18.6 Å². The van der Waals surface area contributed by atoms with Crippen LogP contribution in [0.25, 0.3) is 0 Å². The summed E-state index contributed by atoms with van der Waals surface area (Å²) in [5.41, 5.74) is 1.34. The number of nitrogens with zero attached hydrogens (tertiary/aromatic N) is 2. The van der Waals surface area contributed by atoms with Gasteiger partial charge in [0, 0.05) is 28.3 Å². The van der Waals surface area contributed by atoms with Crippen LogP contribution in [0.5, 0.6) is 11.5 Å². The third kappa shape index (κ3) is 4.50. The van der Waals surface area contributed by atoms with Gasteiger partial charge in [-0.2, -0.15) is 0 Å². The summed E-state index contributed by atoms with van der Waals surface area (Å²) in [6.07, 6.45) is 0.134. The number of anilines is 1. The van der Waals surface area contributed by atoms with Crippen LogP contribution in [-0.2, 0) is 9.59 Å². The molecule has 1 atom stereocenters. The number of hydrogen-bond acceptors (Lipinski definition) is 6. The van der Waals surface area contributed by atoms with Crippen molar-refractivity contribution in [3.05, 3.63) is 46.0 Å². The van der Waals surface area contributed by atoms with E-state index in [1.807, 2.05) is 31.2 Å². The minimum Gasteiger partial charge on any atom is -0.454 e. The molecule has 0 aliphatic carbocycles. The van der Waals surface area contributed by atoms with E-state index in [0.29, 0.717) is 34.6 Å². The molecule has 1 fully saturated rings.